The number of hydrogen-bond donors (Lipinski definition) is 2. The molecular weight excluding hydrogens is 325 g/mol. The molecule has 0 radical (unpaired) electrons. The summed E-state index contributed by atoms with van der Waals surface area (Å²) in [7, 11) is -3.16. The third kappa shape index (κ3) is 3.26. The zero-order valence-electron chi connectivity index (χ0n) is 10.8. The highest BCUT2D eigenvalue weighted by Crippen LogP contribution is 2.31. The van der Waals surface area contributed by atoms with Gasteiger partial charge in [-0.15, -0.1) is 0 Å². The Hall–Kier alpha value is -0.800. The van der Waals surface area contributed by atoms with E-state index in [1.54, 1.807) is 6.07 Å². The second-order valence-corrected chi connectivity index (χ2v) is 7.21. The number of nitrogens with one attached hydrogen (secondary N) is 1. The maximum absolute atomic E-state index is 11.5. The lowest BCUT2D eigenvalue weighted by molar-refractivity contribution is 0.387. The van der Waals surface area contributed by atoms with Crippen LogP contribution in [0, 0.1) is 0 Å². The molecule has 10 heteroatoms. The number of anilines is 2. The van der Waals surface area contributed by atoms with Gasteiger partial charge in [-0.1, -0.05) is 23.2 Å². The topological polar surface area (TPSA) is 91.6 Å². The standard InChI is InChI=1S/C10H15Cl2N5O2S/c1-20(18,19)17-4-2-16(3-5-17)10-8(12)6-7(11)9(14-10)15-13/h6H,2-5,13H2,1H3,(H,14,15). The number of pyridine rings is 1. The fraction of sp³-hybridized carbons (Fsp3) is 0.500. The van der Waals surface area contributed by atoms with Gasteiger partial charge in [-0.3, -0.25) is 0 Å². The molecule has 0 aliphatic carbocycles. The normalized spacial score (nSPS) is 17.3. The van der Waals surface area contributed by atoms with Gasteiger partial charge in [0.25, 0.3) is 0 Å². The van der Waals surface area contributed by atoms with Crippen LogP contribution >= 0.6 is 23.2 Å². The van der Waals surface area contributed by atoms with Gasteiger partial charge < -0.3 is 10.3 Å². The number of nitrogen functional groups attached to an aromatic ring is 1. The predicted octanol–water partition coefficient (Wildman–Crippen LogP) is 0.756. The summed E-state index contributed by atoms with van der Waals surface area (Å²) >= 11 is 12.1. The van der Waals surface area contributed by atoms with Crippen molar-refractivity contribution in [2.45, 2.75) is 0 Å². The number of piperazine rings is 1. The summed E-state index contributed by atoms with van der Waals surface area (Å²) in [4.78, 5) is 6.16. The molecule has 0 bridgehead atoms. The molecule has 0 spiro atoms. The molecule has 1 saturated heterocycles. The molecule has 1 fully saturated rings. The molecule has 2 heterocycles. The number of hydrazine groups is 1. The molecule has 112 valence electrons. The van der Waals surface area contributed by atoms with E-state index in [2.05, 4.69) is 10.4 Å². The molecule has 0 atom stereocenters. The van der Waals surface area contributed by atoms with Crippen LogP contribution in [0.25, 0.3) is 0 Å². The van der Waals surface area contributed by atoms with E-state index < -0.39 is 10.0 Å². The first kappa shape index (κ1) is 15.6. The number of rotatable bonds is 3. The summed E-state index contributed by atoms with van der Waals surface area (Å²) in [6.45, 7) is 1.80. The molecule has 1 aromatic heterocycles. The molecule has 3 N–H and O–H groups in total. The Kier molecular flexibility index (Phi) is 4.60. The summed E-state index contributed by atoms with van der Waals surface area (Å²) < 4.78 is 24.4. The minimum Gasteiger partial charge on any atom is -0.353 e. The Morgan fingerprint density at radius 1 is 1.25 bits per heavy atom. The van der Waals surface area contributed by atoms with Gasteiger partial charge in [0.05, 0.1) is 16.3 Å². The van der Waals surface area contributed by atoms with E-state index >= 15 is 0 Å². The zero-order chi connectivity index (χ0) is 14.9. The minimum absolute atomic E-state index is 0.330. The first-order valence-corrected chi connectivity index (χ1v) is 8.46. The molecular formula is C10H15Cl2N5O2S. The number of aromatic nitrogens is 1. The fourth-order valence-electron chi connectivity index (χ4n) is 2.01. The van der Waals surface area contributed by atoms with Crippen molar-refractivity contribution in [1.82, 2.24) is 9.29 Å². The van der Waals surface area contributed by atoms with E-state index in [0.29, 0.717) is 47.9 Å². The molecule has 1 aliphatic rings. The van der Waals surface area contributed by atoms with Crippen LogP contribution in [-0.4, -0.2) is 50.1 Å². The van der Waals surface area contributed by atoms with Gasteiger partial charge in [0, 0.05) is 26.2 Å². The van der Waals surface area contributed by atoms with Gasteiger partial charge in [-0.05, 0) is 6.07 Å². The molecule has 1 aliphatic heterocycles. The lowest BCUT2D eigenvalue weighted by atomic mass is 10.3. The maximum Gasteiger partial charge on any atom is 0.211 e. The molecule has 0 unspecified atom stereocenters. The highest BCUT2D eigenvalue weighted by molar-refractivity contribution is 7.88. The summed E-state index contributed by atoms with van der Waals surface area (Å²) in [6.07, 6.45) is 1.20. The van der Waals surface area contributed by atoms with Crippen molar-refractivity contribution in [2.75, 3.05) is 42.8 Å². The van der Waals surface area contributed by atoms with Crippen molar-refractivity contribution in [3.63, 3.8) is 0 Å². The van der Waals surface area contributed by atoms with Crippen molar-refractivity contribution < 1.29 is 8.42 Å². The Balaban J connectivity index is 2.19. The second kappa shape index (κ2) is 5.90. The van der Waals surface area contributed by atoms with Gasteiger partial charge in [0.15, 0.2) is 5.82 Å². The van der Waals surface area contributed by atoms with Crippen LogP contribution in [0.1, 0.15) is 0 Å². The van der Waals surface area contributed by atoms with Crippen LogP contribution in [-0.2, 0) is 10.0 Å². The largest absolute Gasteiger partial charge is 0.353 e. The van der Waals surface area contributed by atoms with Crippen LogP contribution in [0.3, 0.4) is 0 Å². The average molecular weight is 340 g/mol. The van der Waals surface area contributed by atoms with Crippen molar-refractivity contribution in [1.29, 1.82) is 0 Å². The Morgan fingerprint density at radius 3 is 2.35 bits per heavy atom. The maximum atomic E-state index is 11.5. The fourth-order valence-corrected chi connectivity index (χ4v) is 3.37. The number of halogens is 2. The van der Waals surface area contributed by atoms with E-state index in [-0.39, 0.29) is 0 Å². The zero-order valence-corrected chi connectivity index (χ0v) is 13.1. The molecule has 0 amide bonds. The van der Waals surface area contributed by atoms with Crippen molar-refractivity contribution in [2.24, 2.45) is 5.84 Å². The quantitative estimate of drug-likeness (QED) is 0.623. The highest BCUT2D eigenvalue weighted by Gasteiger charge is 2.25. The number of nitrogens with zero attached hydrogens (tertiary/aromatic N) is 3. The number of hydrogen-bond acceptors (Lipinski definition) is 6. The van der Waals surface area contributed by atoms with Gasteiger partial charge in [-0.25, -0.2) is 19.2 Å². The minimum atomic E-state index is -3.16. The lowest BCUT2D eigenvalue weighted by Gasteiger charge is -2.34. The van der Waals surface area contributed by atoms with Crippen molar-refractivity contribution in [3.8, 4) is 0 Å². The van der Waals surface area contributed by atoms with E-state index in [1.165, 1.54) is 10.6 Å². The van der Waals surface area contributed by atoms with Gasteiger partial charge in [-0.2, -0.15) is 4.31 Å². The monoisotopic (exact) mass is 339 g/mol. The molecule has 1 aromatic rings. The summed E-state index contributed by atoms with van der Waals surface area (Å²) in [5.74, 6) is 6.20. The van der Waals surface area contributed by atoms with E-state index in [9.17, 15) is 8.42 Å². The van der Waals surface area contributed by atoms with Gasteiger partial charge in [0.2, 0.25) is 10.0 Å². The van der Waals surface area contributed by atoms with Gasteiger partial charge in [0.1, 0.15) is 5.82 Å². The average Bonchev–Trinajstić information content (AvgIpc) is 2.38. The summed E-state index contributed by atoms with van der Waals surface area (Å²) in [5, 5.41) is 0.734. The molecule has 0 saturated carbocycles. The smallest absolute Gasteiger partial charge is 0.211 e. The highest BCUT2D eigenvalue weighted by atomic mass is 35.5. The van der Waals surface area contributed by atoms with E-state index in [0.717, 1.165) is 0 Å². The predicted molar refractivity (Wildman–Crippen MR) is 80.7 cm³/mol. The third-order valence-electron chi connectivity index (χ3n) is 3.05. The van der Waals surface area contributed by atoms with Crippen LogP contribution < -0.4 is 16.2 Å². The summed E-state index contributed by atoms with van der Waals surface area (Å²) in [6, 6.07) is 1.56. The summed E-state index contributed by atoms with van der Waals surface area (Å²) in [5.41, 5.74) is 2.40. The Bertz CT molecular complexity index is 602. The first-order chi connectivity index (χ1) is 9.32. The second-order valence-electron chi connectivity index (χ2n) is 4.42. The van der Waals surface area contributed by atoms with Gasteiger partial charge >= 0.3 is 0 Å². The van der Waals surface area contributed by atoms with E-state index in [1.807, 2.05) is 4.90 Å². The third-order valence-corrected chi connectivity index (χ3v) is 4.92. The van der Waals surface area contributed by atoms with Crippen LogP contribution in [0.5, 0.6) is 0 Å². The van der Waals surface area contributed by atoms with Crippen LogP contribution in [0.2, 0.25) is 10.0 Å². The Labute approximate surface area is 127 Å². The Morgan fingerprint density at radius 2 is 1.85 bits per heavy atom. The van der Waals surface area contributed by atoms with Crippen molar-refractivity contribution >= 4 is 44.9 Å². The SMILES string of the molecule is CS(=O)(=O)N1CCN(c2nc(NN)c(Cl)cc2Cl)CC1. The van der Waals surface area contributed by atoms with E-state index in [4.69, 9.17) is 29.0 Å². The number of sulfonamides is 1. The number of nitrogens with two attached hydrogens (primary N) is 1. The molecule has 2 rings (SSSR count). The molecule has 0 aromatic carbocycles. The van der Waals surface area contributed by atoms with Crippen LogP contribution in [0.15, 0.2) is 6.07 Å². The molecule has 7 nitrogen and oxygen atoms in total. The first-order valence-electron chi connectivity index (χ1n) is 5.85. The van der Waals surface area contributed by atoms with Crippen LogP contribution in [0.4, 0.5) is 11.6 Å². The molecule has 20 heavy (non-hydrogen) atoms. The van der Waals surface area contributed by atoms with Crippen molar-refractivity contribution in [3.05, 3.63) is 16.1 Å². The lowest BCUT2D eigenvalue weighted by Crippen LogP contribution is -2.48.